The number of hydrogen-bond donors (Lipinski definition) is 0. The number of amidine groups is 1. The molecule has 0 aromatic heterocycles. The lowest BCUT2D eigenvalue weighted by Gasteiger charge is -2.10. The summed E-state index contributed by atoms with van der Waals surface area (Å²) in [6.45, 7) is 0.0716. The van der Waals surface area contributed by atoms with Gasteiger partial charge in [-0.25, -0.2) is 14.2 Å². The molecule has 3 aromatic rings. The van der Waals surface area contributed by atoms with Gasteiger partial charge in [0.15, 0.2) is 5.17 Å². The lowest BCUT2D eigenvalue weighted by atomic mass is 10.1. The Labute approximate surface area is 200 Å². The molecule has 0 spiro atoms. The number of nitrogens with zero attached hydrogens (tertiary/aromatic N) is 2. The van der Waals surface area contributed by atoms with E-state index in [1.54, 1.807) is 61.7 Å². The van der Waals surface area contributed by atoms with E-state index in [0.717, 1.165) is 0 Å². The minimum absolute atomic E-state index is 0.0716. The maximum atomic E-state index is 13.9. The van der Waals surface area contributed by atoms with Crippen LogP contribution in [0.1, 0.15) is 21.5 Å². The van der Waals surface area contributed by atoms with Gasteiger partial charge in [0.05, 0.1) is 23.3 Å². The van der Waals surface area contributed by atoms with Gasteiger partial charge in [-0.1, -0.05) is 36.4 Å². The predicted octanol–water partition coefficient (Wildman–Crippen LogP) is 5.43. The van der Waals surface area contributed by atoms with Crippen LogP contribution in [0.3, 0.4) is 0 Å². The van der Waals surface area contributed by atoms with E-state index in [0.29, 0.717) is 38.2 Å². The first-order chi connectivity index (χ1) is 16.5. The first-order valence-corrected chi connectivity index (χ1v) is 11.2. The maximum Gasteiger partial charge on any atom is 0.337 e. The molecule has 0 radical (unpaired) electrons. The molecule has 8 heteroatoms. The highest BCUT2D eigenvalue weighted by atomic mass is 32.2. The maximum absolute atomic E-state index is 13.9. The molecule has 34 heavy (non-hydrogen) atoms. The zero-order valence-corrected chi connectivity index (χ0v) is 19.3. The Bertz CT molecular complexity index is 1290. The number of carbonyl (C=O) groups is 2. The molecule has 1 saturated heterocycles. The third-order valence-electron chi connectivity index (χ3n) is 5.06. The minimum Gasteiger partial charge on any atom is -0.488 e. The molecule has 1 heterocycles. The van der Waals surface area contributed by atoms with E-state index >= 15 is 0 Å². The van der Waals surface area contributed by atoms with Crippen molar-refractivity contribution in [2.24, 2.45) is 4.99 Å². The second-order valence-corrected chi connectivity index (χ2v) is 8.33. The highest BCUT2D eigenvalue weighted by Gasteiger charge is 2.30. The van der Waals surface area contributed by atoms with Gasteiger partial charge < -0.3 is 9.47 Å². The standard InChI is InChI=1S/C26H21FN2O4S/c1-29-24(30)23(34-26(29)28-20-13-11-17(12-14-20)25(31)32-2)15-18-7-4-6-10-22(18)33-16-19-8-3-5-9-21(19)27/h3-15H,16H2,1-2H3. The van der Waals surface area contributed by atoms with Crippen LogP contribution in [0.5, 0.6) is 5.75 Å². The predicted molar refractivity (Wildman–Crippen MR) is 130 cm³/mol. The largest absolute Gasteiger partial charge is 0.488 e. The van der Waals surface area contributed by atoms with Gasteiger partial charge in [0.2, 0.25) is 0 Å². The number of ether oxygens (including phenoxy) is 2. The van der Waals surface area contributed by atoms with Gasteiger partial charge in [-0.15, -0.1) is 0 Å². The fourth-order valence-corrected chi connectivity index (χ4v) is 4.17. The molecule has 0 N–H and O–H groups in total. The lowest BCUT2D eigenvalue weighted by Crippen LogP contribution is -2.23. The van der Waals surface area contributed by atoms with Crippen LogP contribution in [0, 0.1) is 5.82 Å². The Balaban J connectivity index is 1.54. The Kier molecular flexibility index (Phi) is 7.08. The summed E-state index contributed by atoms with van der Waals surface area (Å²) < 4.78 is 24.5. The topological polar surface area (TPSA) is 68.2 Å². The number of para-hydroxylation sites is 1. The van der Waals surface area contributed by atoms with Gasteiger partial charge in [-0.05, 0) is 54.2 Å². The third-order valence-corrected chi connectivity index (χ3v) is 6.12. The van der Waals surface area contributed by atoms with Crippen molar-refractivity contribution in [3.05, 3.63) is 100 Å². The molecule has 6 nitrogen and oxygen atoms in total. The van der Waals surface area contributed by atoms with Crippen LogP contribution in [0.15, 0.2) is 82.7 Å². The number of esters is 1. The number of likely N-dealkylation sites (N-methyl/N-ethyl adjacent to an activating group) is 1. The number of aliphatic imine (C=N–C) groups is 1. The van der Waals surface area contributed by atoms with Crippen LogP contribution < -0.4 is 4.74 Å². The van der Waals surface area contributed by atoms with E-state index in [-0.39, 0.29) is 18.3 Å². The molecule has 0 saturated carbocycles. The van der Waals surface area contributed by atoms with Crippen molar-refractivity contribution >= 4 is 40.6 Å². The average molecular weight is 477 g/mol. The molecule has 1 aliphatic rings. The smallest absolute Gasteiger partial charge is 0.337 e. The minimum atomic E-state index is -0.428. The Hall–Kier alpha value is -3.91. The van der Waals surface area contributed by atoms with Gasteiger partial charge in [0.25, 0.3) is 5.91 Å². The number of hydrogen-bond acceptors (Lipinski definition) is 6. The van der Waals surface area contributed by atoms with Gasteiger partial charge in [-0.3, -0.25) is 9.69 Å². The van der Waals surface area contributed by atoms with Crippen LogP contribution in [-0.4, -0.2) is 36.1 Å². The van der Waals surface area contributed by atoms with Gasteiger partial charge >= 0.3 is 5.97 Å². The Morgan fingerprint density at radius 3 is 2.50 bits per heavy atom. The zero-order valence-electron chi connectivity index (χ0n) is 18.5. The van der Waals surface area contributed by atoms with E-state index in [1.807, 2.05) is 18.2 Å². The average Bonchev–Trinajstić information content (AvgIpc) is 3.12. The van der Waals surface area contributed by atoms with E-state index < -0.39 is 5.97 Å². The molecule has 0 unspecified atom stereocenters. The second-order valence-electron chi connectivity index (χ2n) is 7.33. The highest BCUT2D eigenvalue weighted by Crippen LogP contribution is 2.35. The number of halogens is 1. The van der Waals surface area contributed by atoms with Crippen molar-refractivity contribution in [3.8, 4) is 5.75 Å². The first kappa shape index (κ1) is 23.3. The molecule has 1 amide bonds. The van der Waals surface area contributed by atoms with Crippen molar-refractivity contribution in [1.29, 1.82) is 0 Å². The van der Waals surface area contributed by atoms with Crippen LogP contribution in [-0.2, 0) is 16.1 Å². The molecule has 4 rings (SSSR count). The summed E-state index contributed by atoms with van der Waals surface area (Å²) >= 11 is 1.24. The molecule has 0 aliphatic carbocycles. The monoisotopic (exact) mass is 476 g/mol. The molecule has 0 atom stereocenters. The fourth-order valence-electron chi connectivity index (χ4n) is 3.20. The summed E-state index contributed by atoms with van der Waals surface area (Å²) in [6.07, 6.45) is 1.74. The van der Waals surface area contributed by atoms with Crippen LogP contribution in [0.4, 0.5) is 10.1 Å². The summed E-state index contributed by atoms with van der Waals surface area (Å²) in [6, 6.07) is 20.3. The molecule has 3 aromatic carbocycles. The van der Waals surface area contributed by atoms with Crippen LogP contribution in [0.2, 0.25) is 0 Å². The molecule has 0 bridgehead atoms. The second kappa shape index (κ2) is 10.4. The van der Waals surface area contributed by atoms with Gasteiger partial charge in [-0.2, -0.15) is 0 Å². The quantitative estimate of drug-likeness (QED) is 0.351. The van der Waals surface area contributed by atoms with E-state index in [1.165, 1.54) is 29.8 Å². The summed E-state index contributed by atoms with van der Waals surface area (Å²) in [7, 11) is 2.97. The van der Waals surface area contributed by atoms with Crippen LogP contribution >= 0.6 is 11.8 Å². The Morgan fingerprint density at radius 2 is 1.76 bits per heavy atom. The fraction of sp³-hybridized carbons (Fsp3) is 0.115. The van der Waals surface area contributed by atoms with E-state index in [4.69, 9.17) is 9.47 Å². The first-order valence-electron chi connectivity index (χ1n) is 10.4. The van der Waals surface area contributed by atoms with Gasteiger partial charge in [0, 0.05) is 18.2 Å². The number of benzene rings is 3. The molecule has 1 aliphatic heterocycles. The third kappa shape index (κ3) is 5.18. The van der Waals surface area contributed by atoms with Crippen molar-refractivity contribution in [1.82, 2.24) is 4.90 Å². The number of carbonyl (C=O) groups excluding carboxylic acids is 2. The summed E-state index contributed by atoms with van der Waals surface area (Å²) in [5.41, 5.74) is 2.17. The van der Waals surface area contributed by atoms with Crippen molar-refractivity contribution in [3.63, 3.8) is 0 Å². The van der Waals surface area contributed by atoms with E-state index in [9.17, 15) is 14.0 Å². The number of methoxy groups -OCH3 is 1. The van der Waals surface area contributed by atoms with Crippen molar-refractivity contribution in [2.45, 2.75) is 6.61 Å². The molecular weight excluding hydrogens is 455 g/mol. The molecule has 1 fully saturated rings. The van der Waals surface area contributed by atoms with Crippen molar-refractivity contribution in [2.75, 3.05) is 14.2 Å². The zero-order chi connectivity index (χ0) is 24.1. The summed E-state index contributed by atoms with van der Waals surface area (Å²) in [5, 5.41) is 0.506. The number of rotatable bonds is 6. The summed E-state index contributed by atoms with van der Waals surface area (Å²) in [4.78, 5) is 30.9. The number of thioether (sulfide) groups is 1. The van der Waals surface area contributed by atoms with Crippen molar-refractivity contribution < 1.29 is 23.5 Å². The Morgan fingerprint density at radius 1 is 1.06 bits per heavy atom. The molecule has 172 valence electrons. The number of amides is 1. The normalized spacial score (nSPS) is 15.7. The molecular formula is C26H21FN2O4S. The van der Waals surface area contributed by atoms with E-state index in [2.05, 4.69) is 4.99 Å². The SMILES string of the molecule is COC(=O)c1ccc(N=C2SC(=Cc3ccccc3OCc3ccccc3F)C(=O)N2C)cc1. The van der Waals surface area contributed by atoms with Gasteiger partial charge in [0.1, 0.15) is 18.2 Å². The lowest BCUT2D eigenvalue weighted by molar-refractivity contribution is -0.121. The summed E-state index contributed by atoms with van der Waals surface area (Å²) in [5.74, 6) is -0.415. The van der Waals surface area contributed by atoms with Crippen LogP contribution in [0.25, 0.3) is 6.08 Å². The highest BCUT2D eigenvalue weighted by molar-refractivity contribution is 8.18.